The minimum absolute atomic E-state index is 0.146. The number of aryl methyl sites for hydroxylation is 1. The summed E-state index contributed by atoms with van der Waals surface area (Å²) >= 11 is 1.45. The van der Waals surface area contributed by atoms with Crippen LogP contribution in [-0.2, 0) is 12.7 Å². The number of rotatable bonds is 3. The average molecular weight is 317 g/mol. The third-order valence-corrected chi connectivity index (χ3v) is 3.76. The van der Waals surface area contributed by atoms with Gasteiger partial charge in [0.1, 0.15) is 5.82 Å². The van der Waals surface area contributed by atoms with Crippen LogP contribution in [0.15, 0.2) is 30.3 Å². The second-order valence-electron chi connectivity index (χ2n) is 4.39. The summed E-state index contributed by atoms with van der Waals surface area (Å²) in [6.07, 6.45) is -4.62. The van der Waals surface area contributed by atoms with Gasteiger partial charge in [0, 0.05) is 9.75 Å². The van der Waals surface area contributed by atoms with E-state index in [4.69, 9.17) is 0 Å². The van der Waals surface area contributed by atoms with Gasteiger partial charge in [-0.3, -0.25) is 4.79 Å². The second kappa shape index (κ2) is 5.85. The molecule has 0 spiro atoms. The number of hydrogen-bond donors (Lipinski definition) is 1. The highest BCUT2D eigenvalue weighted by atomic mass is 32.1. The maximum absolute atomic E-state index is 13.5. The number of halogens is 4. The van der Waals surface area contributed by atoms with Crippen molar-refractivity contribution in [2.24, 2.45) is 0 Å². The Morgan fingerprint density at radius 2 is 1.95 bits per heavy atom. The van der Waals surface area contributed by atoms with Gasteiger partial charge in [-0.05, 0) is 37.3 Å². The molecule has 0 radical (unpaired) electrons. The first-order chi connectivity index (χ1) is 9.77. The highest BCUT2D eigenvalue weighted by Gasteiger charge is 2.31. The molecule has 0 atom stereocenters. The smallest absolute Gasteiger partial charge is 0.347 e. The number of amides is 1. The van der Waals surface area contributed by atoms with Gasteiger partial charge in [0.15, 0.2) is 0 Å². The lowest BCUT2D eigenvalue weighted by atomic mass is 10.1. The zero-order valence-corrected chi connectivity index (χ0v) is 11.7. The Morgan fingerprint density at radius 1 is 1.24 bits per heavy atom. The Kier molecular flexibility index (Phi) is 4.32. The molecule has 0 saturated heterocycles. The first-order valence-corrected chi connectivity index (χ1v) is 6.79. The highest BCUT2D eigenvalue weighted by Crippen LogP contribution is 2.30. The van der Waals surface area contributed by atoms with E-state index in [0.29, 0.717) is 18.2 Å². The normalized spacial score (nSPS) is 11.5. The predicted octanol–water partition coefficient (Wildman–Crippen LogP) is 4.14. The van der Waals surface area contributed by atoms with E-state index in [9.17, 15) is 22.4 Å². The van der Waals surface area contributed by atoms with E-state index in [1.54, 1.807) is 6.07 Å². The van der Waals surface area contributed by atoms with Crippen molar-refractivity contribution in [1.82, 2.24) is 5.32 Å². The Bertz CT molecular complexity index is 663. The summed E-state index contributed by atoms with van der Waals surface area (Å²) in [5.41, 5.74) is -1.67. The van der Waals surface area contributed by atoms with E-state index < -0.39 is 29.0 Å². The molecular formula is C14H11F4NOS. The van der Waals surface area contributed by atoms with Crippen molar-refractivity contribution in [2.45, 2.75) is 19.6 Å². The first-order valence-electron chi connectivity index (χ1n) is 5.97. The molecule has 1 aromatic heterocycles. The largest absolute Gasteiger partial charge is 0.416 e. The standard InChI is InChI=1S/C14H11F4NOS/c1-8-2-4-10(21-8)7-19-13(20)11-6-9(14(16,17)18)3-5-12(11)15/h2-6H,7H2,1H3,(H,19,20). The SMILES string of the molecule is Cc1ccc(CNC(=O)c2cc(C(F)(F)F)ccc2F)s1. The Balaban J connectivity index is 2.15. The lowest BCUT2D eigenvalue weighted by Gasteiger charge is -2.10. The molecule has 0 aliphatic rings. The zero-order chi connectivity index (χ0) is 15.6. The van der Waals surface area contributed by atoms with E-state index in [-0.39, 0.29) is 6.54 Å². The summed E-state index contributed by atoms with van der Waals surface area (Å²) in [4.78, 5) is 13.7. The van der Waals surface area contributed by atoms with E-state index in [2.05, 4.69) is 5.32 Å². The lowest BCUT2D eigenvalue weighted by Crippen LogP contribution is -2.24. The molecule has 0 bridgehead atoms. The monoisotopic (exact) mass is 317 g/mol. The Labute approximate surface area is 122 Å². The van der Waals surface area contributed by atoms with Crippen molar-refractivity contribution >= 4 is 17.2 Å². The van der Waals surface area contributed by atoms with Crippen molar-refractivity contribution in [3.63, 3.8) is 0 Å². The molecule has 2 aromatic rings. The quantitative estimate of drug-likeness (QED) is 0.847. The fraction of sp³-hybridized carbons (Fsp3) is 0.214. The predicted molar refractivity (Wildman–Crippen MR) is 71.6 cm³/mol. The Morgan fingerprint density at radius 3 is 2.52 bits per heavy atom. The fourth-order valence-electron chi connectivity index (χ4n) is 1.72. The summed E-state index contributed by atoms with van der Waals surface area (Å²) in [7, 11) is 0. The number of carbonyl (C=O) groups is 1. The molecule has 0 fully saturated rings. The Hall–Kier alpha value is -1.89. The molecule has 0 unspecified atom stereocenters. The van der Waals surface area contributed by atoms with Crippen LogP contribution in [0.25, 0.3) is 0 Å². The maximum Gasteiger partial charge on any atom is 0.416 e. The maximum atomic E-state index is 13.5. The summed E-state index contributed by atoms with van der Waals surface area (Å²) in [6.45, 7) is 2.04. The number of carbonyl (C=O) groups excluding carboxylic acids is 1. The van der Waals surface area contributed by atoms with Gasteiger partial charge in [-0.25, -0.2) is 4.39 Å². The van der Waals surface area contributed by atoms with Crippen molar-refractivity contribution in [3.8, 4) is 0 Å². The van der Waals surface area contributed by atoms with E-state index in [1.807, 2.05) is 13.0 Å². The van der Waals surface area contributed by atoms with E-state index in [1.165, 1.54) is 11.3 Å². The molecule has 2 nitrogen and oxygen atoms in total. The number of hydrogen-bond acceptors (Lipinski definition) is 2. The molecule has 1 aromatic carbocycles. The van der Waals surface area contributed by atoms with E-state index >= 15 is 0 Å². The van der Waals surface area contributed by atoms with Gasteiger partial charge in [0.2, 0.25) is 0 Å². The van der Waals surface area contributed by atoms with Gasteiger partial charge in [-0.1, -0.05) is 0 Å². The molecule has 1 N–H and O–H groups in total. The van der Waals surface area contributed by atoms with Crippen LogP contribution < -0.4 is 5.32 Å². The molecule has 0 aliphatic heterocycles. The van der Waals surface area contributed by atoms with Gasteiger partial charge in [-0.15, -0.1) is 11.3 Å². The fourth-order valence-corrected chi connectivity index (χ4v) is 2.55. The highest BCUT2D eigenvalue weighted by molar-refractivity contribution is 7.11. The third-order valence-electron chi connectivity index (χ3n) is 2.76. The molecule has 0 saturated carbocycles. The molecule has 0 aliphatic carbocycles. The summed E-state index contributed by atoms with van der Waals surface area (Å²) < 4.78 is 51.2. The average Bonchev–Trinajstić information content (AvgIpc) is 2.81. The summed E-state index contributed by atoms with van der Waals surface area (Å²) in [6, 6.07) is 5.42. The van der Waals surface area contributed by atoms with Gasteiger partial charge >= 0.3 is 6.18 Å². The van der Waals surface area contributed by atoms with Gasteiger partial charge < -0.3 is 5.32 Å². The minimum atomic E-state index is -4.62. The molecule has 21 heavy (non-hydrogen) atoms. The van der Waals surface area contributed by atoms with Gasteiger partial charge in [-0.2, -0.15) is 13.2 Å². The van der Waals surface area contributed by atoms with Crippen LogP contribution in [-0.4, -0.2) is 5.91 Å². The van der Waals surface area contributed by atoms with Crippen molar-refractivity contribution < 1.29 is 22.4 Å². The van der Waals surface area contributed by atoms with Crippen LogP contribution in [0.3, 0.4) is 0 Å². The zero-order valence-electron chi connectivity index (χ0n) is 10.9. The number of alkyl halides is 3. The molecule has 1 amide bonds. The number of benzene rings is 1. The lowest BCUT2D eigenvalue weighted by molar-refractivity contribution is -0.137. The van der Waals surface area contributed by atoms with Crippen LogP contribution in [0, 0.1) is 12.7 Å². The molecule has 7 heteroatoms. The second-order valence-corrected chi connectivity index (χ2v) is 5.76. The number of nitrogens with one attached hydrogen (secondary N) is 1. The summed E-state index contributed by atoms with van der Waals surface area (Å²) in [5, 5.41) is 2.41. The van der Waals surface area contributed by atoms with E-state index in [0.717, 1.165) is 9.75 Å². The van der Waals surface area contributed by atoms with Crippen molar-refractivity contribution in [3.05, 3.63) is 57.0 Å². The first kappa shape index (κ1) is 15.5. The van der Waals surface area contributed by atoms with Crippen molar-refractivity contribution in [1.29, 1.82) is 0 Å². The summed E-state index contributed by atoms with van der Waals surface area (Å²) in [5.74, 6) is -1.85. The molecular weight excluding hydrogens is 306 g/mol. The molecule has 1 heterocycles. The molecule has 2 rings (SSSR count). The van der Waals surface area contributed by atoms with Gasteiger partial charge in [0.25, 0.3) is 5.91 Å². The van der Waals surface area contributed by atoms with Crippen LogP contribution in [0.1, 0.15) is 25.7 Å². The van der Waals surface area contributed by atoms with Crippen LogP contribution >= 0.6 is 11.3 Å². The number of thiophene rings is 1. The minimum Gasteiger partial charge on any atom is -0.347 e. The van der Waals surface area contributed by atoms with Crippen LogP contribution in [0.4, 0.5) is 17.6 Å². The van der Waals surface area contributed by atoms with Crippen LogP contribution in [0.2, 0.25) is 0 Å². The topological polar surface area (TPSA) is 29.1 Å². The third kappa shape index (κ3) is 3.81. The van der Waals surface area contributed by atoms with Crippen LogP contribution in [0.5, 0.6) is 0 Å². The molecule has 112 valence electrons. The van der Waals surface area contributed by atoms with Gasteiger partial charge in [0.05, 0.1) is 17.7 Å². The van der Waals surface area contributed by atoms with Crippen molar-refractivity contribution in [2.75, 3.05) is 0 Å².